The van der Waals surface area contributed by atoms with Crippen LogP contribution in [-0.2, 0) is 4.79 Å². The molecular formula is C19H26O2S. The molecule has 22 heavy (non-hydrogen) atoms. The summed E-state index contributed by atoms with van der Waals surface area (Å²) < 4.78 is 0.0473. The Balaban J connectivity index is 1.73. The first-order chi connectivity index (χ1) is 10.5. The van der Waals surface area contributed by atoms with E-state index in [0.29, 0.717) is 17.8 Å². The summed E-state index contributed by atoms with van der Waals surface area (Å²) in [5.41, 5.74) is 1.49. The van der Waals surface area contributed by atoms with E-state index in [4.69, 9.17) is 0 Å². The predicted octanol–water partition coefficient (Wildman–Crippen LogP) is 3.75. The van der Waals surface area contributed by atoms with Crippen LogP contribution in [-0.4, -0.2) is 28.0 Å². The average Bonchev–Trinajstić information content (AvgIpc) is 2.82. The van der Waals surface area contributed by atoms with Crippen molar-refractivity contribution in [3.8, 4) is 0 Å². The normalized spacial score (nSPS) is 50.1. The van der Waals surface area contributed by atoms with Gasteiger partial charge in [0, 0.05) is 0 Å². The minimum atomic E-state index is -0.107. The molecule has 4 aliphatic rings. The quantitative estimate of drug-likeness (QED) is 0.800. The molecule has 4 aliphatic carbocycles. The molecule has 120 valence electrons. The third-order valence-corrected chi connectivity index (χ3v) is 8.71. The van der Waals surface area contributed by atoms with Gasteiger partial charge in [0.15, 0.2) is 5.78 Å². The molecule has 3 fully saturated rings. The number of aliphatic hydroxyl groups excluding tert-OH is 1. The van der Waals surface area contributed by atoms with E-state index in [0.717, 1.165) is 19.3 Å². The minimum Gasteiger partial charge on any atom is -0.393 e. The van der Waals surface area contributed by atoms with Crippen molar-refractivity contribution < 1.29 is 9.90 Å². The molecule has 0 radical (unpaired) electrons. The predicted molar refractivity (Wildman–Crippen MR) is 90.8 cm³/mol. The lowest BCUT2D eigenvalue weighted by Crippen LogP contribution is -2.53. The zero-order valence-electron chi connectivity index (χ0n) is 13.5. The van der Waals surface area contributed by atoms with Crippen molar-refractivity contribution in [2.24, 2.45) is 23.2 Å². The van der Waals surface area contributed by atoms with Gasteiger partial charge in [-0.25, -0.2) is 0 Å². The second-order valence-corrected chi connectivity index (χ2v) is 9.04. The first-order valence-corrected chi connectivity index (χ1v) is 9.91. The maximum atomic E-state index is 11.8. The average molecular weight is 318 g/mol. The lowest BCUT2D eigenvalue weighted by atomic mass is 9.52. The first-order valence-electron chi connectivity index (χ1n) is 8.69. The number of ketones is 1. The molecule has 0 bridgehead atoms. The molecule has 0 spiro atoms. The van der Waals surface area contributed by atoms with Crippen LogP contribution in [0.2, 0.25) is 0 Å². The van der Waals surface area contributed by atoms with Crippen LogP contribution in [0, 0.1) is 23.2 Å². The van der Waals surface area contributed by atoms with E-state index in [9.17, 15) is 9.90 Å². The van der Waals surface area contributed by atoms with E-state index in [-0.39, 0.29) is 22.0 Å². The maximum absolute atomic E-state index is 11.8. The summed E-state index contributed by atoms with van der Waals surface area (Å²) in [5, 5.41) is 10.5. The van der Waals surface area contributed by atoms with Gasteiger partial charge in [-0.3, -0.25) is 4.79 Å². The van der Waals surface area contributed by atoms with Crippen LogP contribution in [0.1, 0.15) is 45.4 Å². The van der Waals surface area contributed by atoms with Crippen molar-refractivity contribution in [3.05, 3.63) is 23.8 Å². The lowest BCUT2D eigenvalue weighted by Gasteiger charge is -2.57. The van der Waals surface area contributed by atoms with Gasteiger partial charge in [0.1, 0.15) is 0 Å². The van der Waals surface area contributed by atoms with Crippen LogP contribution in [0.3, 0.4) is 0 Å². The van der Waals surface area contributed by atoms with Gasteiger partial charge in [0.05, 0.1) is 10.9 Å². The summed E-state index contributed by atoms with van der Waals surface area (Å²) in [7, 11) is 0. The number of thioether (sulfide) groups is 1. The van der Waals surface area contributed by atoms with Crippen LogP contribution in [0.4, 0.5) is 0 Å². The number of hydrogen-bond donors (Lipinski definition) is 1. The van der Waals surface area contributed by atoms with Crippen molar-refractivity contribution in [2.45, 2.75) is 56.3 Å². The largest absolute Gasteiger partial charge is 0.393 e. The second kappa shape index (κ2) is 4.98. The number of carbonyl (C=O) groups is 1. The Kier molecular flexibility index (Phi) is 3.40. The standard InChI is InChI=1S/C19H26O2S/c1-18-9-8-16-14(15(18)5-6-17(18)21)4-3-12-11-13(20)7-10-19(12,16)22-2/h7,10-11,14-17,21H,3-6,8-9H2,1-2H3/t14-,15-,16-,17-,18-,19?/m0/s1. The molecule has 0 aromatic heterocycles. The lowest BCUT2D eigenvalue weighted by molar-refractivity contribution is -0.110. The maximum Gasteiger partial charge on any atom is 0.178 e. The number of carbonyl (C=O) groups excluding carboxylic acids is 1. The first kappa shape index (κ1) is 15.0. The third kappa shape index (κ3) is 1.81. The zero-order valence-corrected chi connectivity index (χ0v) is 14.4. The molecule has 2 nitrogen and oxygen atoms in total. The number of fused-ring (bicyclic) bond motifs is 5. The van der Waals surface area contributed by atoms with Crippen molar-refractivity contribution in [3.63, 3.8) is 0 Å². The van der Waals surface area contributed by atoms with Gasteiger partial charge in [0.2, 0.25) is 0 Å². The summed E-state index contributed by atoms with van der Waals surface area (Å²) in [6, 6.07) is 0. The Bertz CT molecular complexity index is 566. The van der Waals surface area contributed by atoms with Gasteiger partial charge in [-0.15, -0.1) is 11.8 Å². The molecule has 0 aromatic carbocycles. The van der Waals surface area contributed by atoms with E-state index < -0.39 is 0 Å². The third-order valence-electron chi connectivity index (χ3n) is 7.34. The fourth-order valence-corrected chi connectivity index (χ4v) is 7.37. The second-order valence-electron chi connectivity index (χ2n) is 7.96. The van der Waals surface area contributed by atoms with Crippen molar-refractivity contribution in [2.75, 3.05) is 6.26 Å². The van der Waals surface area contributed by atoms with Crippen molar-refractivity contribution in [1.82, 2.24) is 0 Å². The molecule has 1 unspecified atom stereocenters. The van der Waals surface area contributed by atoms with E-state index in [2.05, 4.69) is 19.3 Å². The van der Waals surface area contributed by atoms with Crippen LogP contribution in [0.5, 0.6) is 0 Å². The molecule has 3 saturated carbocycles. The summed E-state index contributed by atoms with van der Waals surface area (Å²) in [5.74, 6) is 2.17. The molecule has 3 heteroatoms. The van der Waals surface area contributed by atoms with E-state index in [1.807, 2.05) is 17.8 Å². The minimum absolute atomic E-state index is 0.0473. The highest BCUT2D eigenvalue weighted by Crippen LogP contribution is 2.64. The highest BCUT2D eigenvalue weighted by molar-refractivity contribution is 8.00. The number of rotatable bonds is 1. The van der Waals surface area contributed by atoms with Crippen LogP contribution in [0.15, 0.2) is 23.8 Å². The molecule has 1 N–H and O–H groups in total. The van der Waals surface area contributed by atoms with E-state index >= 15 is 0 Å². The van der Waals surface area contributed by atoms with E-state index in [1.54, 1.807) is 6.08 Å². The van der Waals surface area contributed by atoms with Gasteiger partial charge in [-0.2, -0.15) is 0 Å². The molecule has 6 atom stereocenters. The van der Waals surface area contributed by atoms with Gasteiger partial charge < -0.3 is 5.11 Å². The Morgan fingerprint density at radius 3 is 2.82 bits per heavy atom. The Morgan fingerprint density at radius 2 is 2.05 bits per heavy atom. The smallest absolute Gasteiger partial charge is 0.178 e. The van der Waals surface area contributed by atoms with Gasteiger partial charge in [-0.1, -0.05) is 13.0 Å². The monoisotopic (exact) mass is 318 g/mol. The Morgan fingerprint density at radius 1 is 1.23 bits per heavy atom. The topological polar surface area (TPSA) is 37.3 Å². The summed E-state index contributed by atoms with van der Waals surface area (Å²) in [6.07, 6.45) is 14.7. The molecule has 0 aliphatic heterocycles. The number of allylic oxidation sites excluding steroid dienone is 2. The number of aliphatic hydroxyl groups is 1. The summed E-state index contributed by atoms with van der Waals surface area (Å²) in [6.45, 7) is 2.32. The Labute approximate surface area is 137 Å². The SMILES string of the molecule is CSC12C=CC(=O)C=C1CC[C@@H]1[C@@H]2CC[C@]2(C)[C@@H](O)CC[C@@H]12. The number of hydrogen-bond acceptors (Lipinski definition) is 3. The van der Waals surface area contributed by atoms with Gasteiger partial charge in [0.25, 0.3) is 0 Å². The highest BCUT2D eigenvalue weighted by atomic mass is 32.2. The molecular weight excluding hydrogens is 292 g/mol. The Hall–Kier alpha value is -0.540. The van der Waals surface area contributed by atoms with Crippen LogP contribution >= 0.6 is 11.8 Å². The van der Waals surface area contributed by atoms with Gasteiger partial charge in [-0.05, 0) is 85.7 Å². The van der Waals surface area contributed by atoms with Crippen LogP contribution in [0.25, 0.3) is 0 Å². The molecule has 4 rings (SSSR count). The summed E-state index contributed by atoms with van der Waals surface area (Å²) >= 11 is 1.93. The molecule has 0 heterocycles. The zero-order chi connectivity index (χ0) is 15.5. The highest BCUT2D eigenvalue weighted by Gasteiger charge is 2.59. The fourth-order valence-electron chi connectivity index (χ4n) is 6.14. The summed E-state index contributed by atoms with van der Waals surface area (Å²) in [4.78, 5) is 11.8. The molecule has 0 saturated heterocycles. The van der Waals surface area contributed by atoms with Crippen molar-refractivity contribution in [1.29, 1.82) is 0 Å². The molecule has 0 amide bonds. The van der Waals surface area contributed by atoms with E-state index in [1.165, 1.54) is 24.8 Å². The fraction of sp³-hybridized carbons (Fsp3) is 0.737. The van der Waals surface area contributed by atoms with Crippen LogP contribution < -0.4 is 0 Å². The van der Waals surface area contributed by atoms with Crippen molar-refractivity contribution >= 4 is 17.5 Å². The van der Waals surface area contributed by atoms with Gasteiger partial charge >= 0.3 is 0 Å². The molecule has 0 aromatic rings.